The molecule has 0 spiro atoms. The van der Waals surface area contributed by atoms with E-state index in [2.05, 4.69) is 4.90 Å². The molecule has 19 heavy (non-hydrogen) atoms. The highest BCUT2D eigenvalue weighted by molar-refractivity contribution is 6.30. The van der Waals surface area contributed by atoms with Gasteiger partial charge in [0.15, 0.2) is 0 Å². The van der Waals surface area contributed by atoms with E-state index in [0.29, 0.717) is 12.1 Å². The van der Waals surface area contributed by atoms with E-state index in [1.54, 1.807) is 0 Å². The maximum absolute atomic E-state index is 10.8. The number of rotatable bonds is 2. The van der Waals surface area contributed by atoms with Gasteiger partial charge in [-0.15, -0.1) is 0 Å². The fourth-order valence-corrected chi connectivity index (χ4v) is 3.47. The molecule has 0 amide bonds. The van der Waals surface area contributed by atoms with Crippen molar-refractivity contribution < 1.29 is 5.11 Å². The highest BCUT2D eigenvalue weighted by atomic mass is 35.5. The van der Waals surface area contributed by atoms with Gasteiger partial charge in [-0.1, -0.05) is 23.7 Å². The lowest BCUT2D eigenvalue weighted by molar-refractivity contribution is -0.0375. The van der Waals surface area contributed by atoms with E-state index in [1.807, 2.05) is 24.3 Å². The Kier molecular flexibility index (Phi) is 3.56. The van der Waals surface area contributed by atoms with E-state index in [-0.39, 0.29) is 0 Å². The molecule has 2 aliphatic rings. The monoisotopic (exact) mass is 280 g/mol. The van der Waals surface area contributed by atoms with Gasteiger partial charge in [-0.05, 0) is 43.4 Å². The van der Waals surface area contributed by atoms with Crippen LogP contribution in [-0.4, -0.2) is 35.2 Å². The predicted molar refractivity (Wildman–Crippen MR) is 77.2 cm³/mol. The zero-order valence-corrected chi connectivity index (χ0v) is 11.8. The highest BCUT2D eigenvalue weighted by Crippen LogP contribution is 2.39. The highest BCUT2D eigenvalue weighted by Gasteiger charge is 2.39. The number of aliphatic hydroxyl groups is 1. The Morgan fingerprint density at radius 1 is 1.16 bits per heavy atom. The third-order valence-electron chi connectivity index (χ3n) is 4.62. The molecule has 1 saturated carbocycles. The number of nitrogens with two attached hydrogens (primary N) is 1. The van der Waals surface area contributed by atoms with Crippen LogP contribution in [-0.2, 0) is 5.60 Å². The first kappa shape index (κ1) is 13.4. The summed E-state index contributed by atoms with van der Waals surface area (Å²) in [4.78, 5) is 2.45. The molecule has 1 aliphatic carbocycles. The van der Waals surface area contributed by atoms with Crippen molar-refractivity contribution in [1.29, 1.82) is 0 Å². The van der Waals surface area contributed by atoms with Crippen LogP contribution in [0.2, 0.25) is 5.02 Å². The Labute approximate surface area is 119 Å². The molecule has 3 N–H and O–H groups in total. The summed E-state index contributed by atoms with van der Waals surface area (Å²) in [5.41, 5.74) is 6.15. The summed E-state index contributed by atoms with van der Waals surface area (Å²) >= 11 is 5.90. The van der Waals surface area contributed by atoms with Crippen LogP contribution >= 0.6 is 11.6 Å². The van der Waals surface area contributed by atoms with E-state index in [0.717, 1.165) is 49.4 Å². The van der Waals surface area contributed by atoms with E-state index in [4.69, 9.17) is 17.3 Å². The van der Waals surface area contributed by atoms with Gasteiger partial charge in [0.1, 0.15) is 0 Å². The normalized spacial score (nSPS) is 33.1. The second kappa shape index (κ2) is 5.06. The molecule has 1 heterocycles. The first-order chi connectivity index (χ1) is 9.07. The van der Waals surface area contributed by atoms with Crippen molar-refractivity contribution >= 4 is 11.6 Å². The maximum Gasteiger partial charge on any atom is 0.0897 e. The average Bonchev–Trinajstić information content (AvgIpc) is 2.37. The van der Waals surface area contributed by atoms with Crippen LogP contribution in [0.1, 0.15) is 31.2 Å². The molecule has 3 nitrogen and oxygen atoms in total. The van der Waals surface area contributed by atoms with Crippen molar-refractivity contribution in [3.63, 3.8) is 0 Å². The van der Waals surface area contributed by atoms with Gasteiger partial charge >= 0.3 is 0 Å². The Hall–Kier alpha value is -0.610. The molecule has 0 aromatic heterocycles. The zero-order chi connectivity index (χ0) is 13.5. The minimum Gasteiger partial charge on any atom is -0.385 e. The molecular weight excluding hydrogens is 260 g/mol. The molecule has 1 aromatic carbocycles. The molecule has 0 unspecified atom stereocenters. The molecule has 1 saturated heterocycles. The van der Waals surface area contributed by atoms with Crippen LogP contribution in [0.15, 0.2) is 24.3 Å². The molecule has 2 fully saturated rings. The Morgan fingerprint density at radius 3 is 2.26 bits per heavy atom. The van der Waals surface area contributed by atoms with Gasteiger partial charge in [0.05, 0.1) is 5.60 Å². The average molecular weight is 281 g/mol. The van der Waals surface area contributed by atoms with Crippen LogP contribution < -0.4 is 5.73 Å². The fourth-order valence-electron chi connectivity index (χ4n) is 3.34. The van der Waals surface area contributed by atoms with Gasteiger partial charge in [0.2, 0.25) is 0 Å². The number of hydrogen-bond acceptors (Lipinski definition) is 3. The SMILES string of the molecule is NC1CN(C2CCC(O)(c3ccc(Cl)cc3)CC2)C1. The van der Waals surface area contributed by atoms with Crippen molar-refractivity contribution in [2.75, 3.05) is 13.1 Å². The zero-order valence-electron chi connectivity index (χ0n) is 11.1. The van der Waals surface area contributed by atoms with Crippen LogP contribution in [0.25, 0.3) is 0 Å². The van der Waals surface area contributed by atoms with Crippen LogP contribution in [0, 0.1) is 0 Å². The predicted octanol–water partition coefficient (Wildman–Crippen LogP) is 2.11. The Morgan fingerprint density at radius 2 is 1.74 bits per heavy atom. The van der Waals surface area contributed by atoms with Gasteiger partial charge in [0.25, 0.3) is 0 Å². The fraction of sp³-hybridized carbons (Fsp3) is 0.600. The second-order valence-electron chi connectivity index (χ2n) is 5.98. The lowest BCUT2D eigenvalue weighted by Gasteiger charge is -2.47. The first-order valence-corrected chi connectivity index (χ1v) is 7.43. The molecule has 1 aromatic rings. The third-order valence-corrected chi connectivity index (χ3v) is 4.87. The first-order valence-electron chi connectivity index (χ1n) is 7.05. The summed E-state index contributed by atoms with van der Waals surface area (Å²) in [6.07, 6.45) is 3.74. The molecule has 4 heteroatoms. The van der Waals surface area contributed by atoms with Crippen molar-refractivity contribution in [3.05, 3.63) is 34.9 Å². The Balaban J connectivity index is 1.63. The molecule has 0 atom stereocenters. The van der Waals surface area contributed by atoms with Gasteiger partial charge in [-0.2, -0.15) is 0 Å². The van der Waals surface area contributed by atoms with E-state index < -0.39 is 5.60 Å². The summed E-state index contributed by atoms with van der Waals surface area (Å²) in [5, 5.41) is 11.5. The van der Waals surface area contributed by atoms with Gasteiger partial charge < -0.3 is 10.8 Å². The van der Waals surface area contributed by atoms with Crippen LogP contribution in [0.3, 0.4) is 0 Å². The minimum atomic E-state index is -0.673. The van der Waals surface area contributed by atoms with Crippen LogP contribution in [0.4, 0.5) is 0 Å². The number of benzene rings is 1. The molecule has 1 aliphatic heterocycles. The maximum atomic E-state index is 10.8. The van der Waals surface area contributed by atoms with Crippen molar-refractivity contribution in [1.82, 2.24) is 4.90 Å². The summed E-state index contributed by atoms with van der Waals surface area (Å²) < 4.78 is 0. The molecular formula is C15H21ClN2O. The Bertz CT molecular complexity index is 434. The van der Waals surface area contributed by atoms with Crippen molar-refractivity contribution in [2.24, 2.45) is 5.73 Å². The number of halogens is 1. The lowest BCUT2D eigenvalue weighted by atomic mass is 9.77. The number of hydrogen-bond donors (Lipinski definition) is 2. The summed E-state index contributed by atoms with van der Waals surface area (Å²) in [5.74, 6) is 0. The van der Waals surface area contributed by atoms with Crippen molar-refractivity contribution in [2.45, 2.75) is 43.4 Å². The van der Waals surface area contributed by atoms with E-state index in [1.165, 1.54) is 0 Å². The van der Waals surface area contributed by atoms with Gasteiger partial charge in [0, 0.05) is 30.2 Å². The largest absolute Gasteiger partial charge is 0.385 e. The topological polar surface area (TPSA) is 49.5 Å². The smallest absolute Gasteiger partial charge is 0.0897 e. The molecule has 0 radical (unpaired) electrons. The van der Waals surface area contributed by atoms with E-state index >= 15 is 0 Å². The molecule has 3 rings (SSSR count). The lowest BCUT2D eigenvalue weighted by Crippen LogP contribution is -2.60. The molecule has 0 bridgehead atoms. The third kappa shape index (κ3) is 2.65. The summed E-state index contributed by atoms with van der Waals surface area (Å²) in [6, 6.07) is 8.57. The summed E-state index contributed by atoms with van der Waals surface area (Å²) in [6.45, 7) is 2.04. The van der Waals surface area contributed by atoms with Crippen LogP contribution in [0.5, 0.6) is 0 Å². The summed E-state index contributed by atoms with van der Waals surface area (Å²) in [7, 11) is 0. The molecule has 104 valence electrons. The van der Waals surface area contributed by atoms with Gasteiger partial charge in [-0.25, -0.2) is 0 Å². The second-order valence-corrected chi connectivity index (χ2v) is 6.42. The van der Waals surface area contributed by atoms with E-state index in [9.17, 15) is 5.11 Å². The standard InChI is InChI=1S/C15H21ClN2O/c16-12-3-1-11(2-4-12)15(19)7-5-14(6-8-15)18-9-13(17)10-18/h1-4,13-14,19H,5-10,17H2. The number of likely N-dealkylation sites (tertiary alicyclic amines) is 1. The quantitative estimate of drug-likeness (QED) is 0.872. The minimum absolute atomic E-state index is 0.358. The van der Waals surface area contributed by atoms with Crippen molar-refractivity contribution in [3.8, 4) is 0 Å². The van der Waals surface area contributed by atoms with Gasteiger partial charge in [-0.3, -0.25) is 4.90 Å². The number of nitrogens with zero attached hydrogens (tertiary/aromatic N) is 1.